The topological polar surface area (TPSA) is 70.1 Å². The molecule has 6 heteroatoms. The van der Waals surface area contributed by atoms with Crippen molar-refractivity contribution in [3.05, 3.63) is 59.7 Å². The fourth-order valence-electron chi connectivity index (χ4n) is 3.13. The Morgan fingerprint density at radius 1 is 0.963 bits per heavy atom. The van der Waals surface area contributed by atoms with Crippen LogP contribution in [0, 0.1) is 6.92 Å². The molecule has 27 heavy (non-hydrogen) atoms. The third-order valence-electron chi connectivity index (χ3n) is 4.73. The average Bonchev–Trinajstić information content (AvgIpc) is 2.69. The zero-order valence-electron chi connectivity index (χ0n) is 15.4. The molecule has 0 spiro atoms. The highest BCUT2D eigenvalue weighted by Crippen LogP contribution is 2.24. The molecule has 0 unspecified atom stereocenters. The summed E-state index contributed by atoms with van der Waals surface area (Å²) in [5.41, 5.74) is 1.68. The number of carbonyl (C=O) groups excluding carboxylic acids is 2. The van der Waals surface area contributed by atoms with E-state index in [-0.39, 0.29) is 30.6 Å². The second-order valence-corrected chi connectivity index (χ2v) is 6.55. The maximum Gasteiger partial charge on any atom is 0.254 e. The number of para-hydroxylation sites is 2. The number of piperazine rings is 1. The number of hydrogen-bond acceptors (Lipinski definition) is 4. The standard InChI is InChI=1S/C21H24N2O4/c1-16-6-2-3-7-17(16)21(26)23-13-11-22(12-14-23)20(25)10-15-27-19-9-5-4-8-18(19)24/h2-9,24H,10-15H2,1H3. The molecule has 2 amide bonds. The number of hydrogen-bond donors (Lipinski definition) is 1. The summed E-state index contributed by atoms with van der Waals surface area (Å²) in [4.78, 5) is 28.5. The fourth-order valence-corrected chi connectivity index (χ4v) is 3.13. The minimum atomic E-state index is -0.00610. The Kier molecular flexibility index (Phi) is 5.96. The first kappa shape index (κ1) is 18.8. The van der Waals surface area contributed by atoms with Gasteiger partial charge in [-0.25, -0.2) is 0 Å². The van der Waals surface area contributed by atoms with E-state index in [9.17, 15) is 14.7 Å². The molecule has 0 aromatic heterocycles. The van der Waals surface area contributed by atoms with Crippen LogP contribution in [0.3, 0.4) is 0 Å². The summed E-state index contributed by atoms with van der Waals surface area (Å²) in [5, 5.41) is 9.66. The molecular weight excluding hydrogens is 344 g/mol. The monoisotopic (exact) mass is 368 g/mol. The van der Waals surface area contributed by atoms with Gasteiger partial charge in [-0.3, -0.25) is 9.59 Å². The largest absolute Gasteiger partial charge is 0.504 e. The van der Waals surface area contributed by atoms with E-state index >= 15 is 0 Å². The average molecular weight is 368 g/mol. The molecule has 2 aromatic carbocycles. The number of rotatable bonds is 5. The number of aromatic hydroxyl groups is 1. The Morgan fingerprint density at radius 2 is 1.59 bits per heavy atom. The summed E-state index contributed by atoms with van der Waals surface area (Å²) in [6.45, 7) is 4.23. The summed E-state index contributed by atoms with van der Waals surface area (Å²) in [5.74, 6) is 0.448. The zero-order valence-corrected chi connectivity index (χ0v) is 15.4. The van der Waals surface area contributed by atoms with Gasteiger partial charge >= 0.3 is 0 Å². The number of ether oxygens (including phenoxy) is 1. The van der Waals surface area contributed by atoms with Crippen molar-refractivity contribution in [1.82, 2.24) is 9.80 Å². The summed E-state index contributed by atoms with van der Waals surface area (Å²) in [6, 6.07) is 14.2. The first-order valence-electron chi connectivity index (χ1n) is 9.10. The number of carbonyl (C=O) groups is 2. The van der Waals surface area contributed by atoms with E-state index in [1.165, 1.54) is 0 Å². The van der Waals surface area contributed by atoms with E-state index in [0.717, 1.165) is 5.56 Å². The predicted molar refractivity (Wildman–Crippen MR) is 102 cm³/mol. The molecule has 1 N–H and O–H groups in total. The Labute approximate surface area is 159 Å². The van der Waals surface area contributed by atoms with Crippen molar-refractivity contribution in [1.29, 1.82) is 0 Å². The van der Waals surface area contributed by atoms with Crippen LogP contribution in [0.15, 0.2) is 48.5 Å². The summed E-state index contributed by atoms with van der Waals surface area (Å²) in [6.07, 6.45) is 0.236. The van der Waals surface area contributed by atoms with Crippen LogP contribution in [0.4, 0.5) is 0 Å². The summed E-state index contributed by atoms with van der Waals surface area (Å²) in [7, 11) is 0. The highest BCUT2D eigenvalue weighted by atomic mass is 16.5. The van der Waals surface area contributed by atoms with Crippen LogP contribution < -0.4 is 4.74 Å². The first-order valence-corrected chi connectivity index (χ1v) is 9.10. The lowest BCUT2D eigenvalue weighted by Gasteiger charge is -2.35. The lowest BCUT2D eigenvalue weighted by molar-refractivity contribution is -0.133. The van der Waals surface area contributed by atoms with Crippen LogP contribution in [0.5, 0.6) is 11.5 Å². The van der Waals surface area contributed by atoms with E-state index in [1.807, 2.05) is 31.2 Å². The van der Waals surface area contributed by atoms with Crippen molar-refractivity contribution in [2.24, 2.45) is 0 Å². The smallest absolute Gasteiger partial charge is 0.254 e. The maximum absolute atomic E-state index is 12.6. The Hall–Kier alpha value is -3.02. The molecule has 0 atom stereocenters. The predicted octanol–water partition coefficient (Wildman–Crippen LogP) is 2.45. The SMILES string of the molecule is Cc1ccccc1C(=O)N1CCN(C(=O)CCOc2ccccc2O)CC1. The summed E-state index contributed by atoms with van der Waals surface area (Å²) >= 11 is 0. The van der Waals surface area contributed by atoms with E-state index in [4.69, 9.17) is 4.74 Å². The first-order chi connectivity index (χ1) is 13.1. The van der Waals surface area contributed by atoms with Gasteiger partial charge in [0.2, 0.25) is 5.91 Å². The second-order valence-electron chi connectivity index (χ2n) is 6.55. The molecular formula is C21H24N2O4. The molecule has 0 bridgehead atoms. The van der Waals surface area contributed by atoms with Crippen molar-refractivity contribution in [2.75, 3.05) is 32.8 Å². The third kappa shape index (κ3) is 4.58. The van der Waals surface area contributed by atoms with Gasteiger partial charge in [0.25, 0.3) is 5.91 Å². The number of benzene rings is 2. The minimum Gasteiger partial charge on any atom is -0.504 e. The van der Waals surface area contributed by atoms with Gasteiger partial charge in [-0.1, -0.05) is 30.3 Å². The Balaban J connectivity index is 1.46. The van der Waals surface area contributed by atoms with Crippen LogP contribution in [-0.4, -0.2) is 59.5 Å². The molecule has 2 aromatic rings. The van der Waals surface area contributed by atoms with E-state index < -0.39 is 0 Å². The van der Waals surface area contributed by atoms with Crippen molar-refractivity contribution in [3.63, 3.8) is 0 Å². The van der Waals surface area contributed by atoms with Crippen molar-refractivity contribution in [3.8, 4) is 11.5 Å². The fraction of sp³-hybridized carbons (Fsp3) is 0.333. The van der Waals surface area contributed by atoms with E-state index in [2.05, 4.69) is 0 Å². The van der Waals surface area contributed by atoms with Crippen LogP contribution in [0.2, 0.25) is 0 Å². The molecule has 142 valence electrons. The molecule has 1 aliphatic rings. The molecule has 0 aliphatic carbocycles. The van der Waals surface area contributed by atoms with Crippen LogP contribution >= 0.6 is 0 Å². The Bertz CT molecular complexity index is 813. The molecule has 0 radical (unpaired) electrons. The number of aryl methyl sites for hydroxylation is 1. The normalized spacial score (nSPS) is 14.1. The molecule has 3 rings (SSSR count). The lowest BCUT2D eigenvalue weighted by atomic mass is 10.1. The Morgan fingerprint density at radius 3 is 2.30 bits per heavy atom. The molecule has 1 heterocycles. The lowest BCUT2D eigenvalue weighted by Crippen LogP contribution is -2.50. The molecule has 0 saturated carbocycles. The van der Waals surface area contributed by atoms with Crippen LogP contribution in [0.1, 0.15) is 22.3 Å². The van der Waals surface area contributed by atoms with Crippen LogP contribution in [0.25, 0.3) is 0 Å². The second kappa shape index (κ2) is 8.58. The number of phenols is 1. The highest BCUT2D eigenvalue weighted by Gasteiger charge is 2.25. The molecule has 1 saturated heterocycles. The minimum absolute atomic E-state index is 0.00610. The quantitative estimate of drug-likeness (QED) is 0.880. The number of amides is 2. The van der Waals surface area contributed by atoms with Gasteiger partial charge in [-0.15, -0.1) is 0 Å². The van der Waals surface area contributed by atoms with Crippen LogP contribution in [-0.2, 0) is 4.79 Å². The highest BCUT2D eigenvalue weighted by molar-refractivity contribution is 5.95. The number of phenolic OH excluding ortho intramolecular Hbond substituents is 1. The molecule has 1 fully saturated rings. The molecule has 6 nitrogen and oxygen atoms in total. The van der Waals surface area contributed by atoms with Gasteiger partial charge in [0.1, 0.15) is 0 Å². The van der Waals surface area contributed by atoms with Gasteiger partial charge in [-0.05, 0) is 30.7 Å². The third-order valence-corrected chi connectivity index (χ3v) is 4.73. The summed E-state index contributed by atoms with van der Waals surface area (Å²) < 4.78 is 5.47. The van der Waals surface area contributed by atoms with E-state index in [0.29, 0.717) is 37.5 Å². The van der Waals surface area contributed by atoms with Gasteiger partial charge in [0.05, 0.1) is 13.0 Å². The number of nitrogens with zero attached hydrogens (tertiary/aromatic N) is 2. The zero-order chi connectivity index (χ0) is 19.2. The van der Waals surface area contributed by atoms with Gasteiger partial charge in [-0.2, -0.15) is 0 Å². The van der Waals surface area contributed by atoms with Gasteiger partial charge in [0, 0.05) is 31.7 Å². The molecule has 1 aliphatic heterocycles. The van der Waals surface area contributed by atoms with E-state index in [1.54, 1.807) is 34.1 Å². The maximum atomic E-state index is 12.6. The van der Waals surface area contributed by atoms with Gasteiger partial charge < -0.3 is 19.6 Å². The van der Waals surface area contributed by atoms with Crippen molar-refractivity contribution < 1.29 is 19.4 Å². The van der Waals surface area contributed by atoms with Crippen molar-refractivity contribution in [2.45, 2.75) is 13.3 Å². The van der Waals surface area contributed by atoms with Crippen molar-refractivity contribution >= 4 is 11.8 Å². The van der Waals surface area contributed by atoms with Gasteiger partial charge in [0.15, 0.2) is 11.5 Å².